The number of hydrogen-bond acceptors (Lipinski definition) is 6. The molecule has 0 aliphatic carbocycles. The van der Waals surface area contributed by atoms with Gasteiger partial charge in [-0.2, -0.15) is 13.5 Å². The van der Waals surface area contributed by atoms with Crippen LogP contribution in [-0.4, -0.2) is 30.9 Å². The summed E-state index contributed by atoms with van der Waals surface area (Å²) in [7, 11) is -3.65. The van der Waals surface area contributed by atoms with Crippen LogP contribution in [0.15, 0.2) is 51.8 Å². The molecular weight excluding hydrogens is 308 g/mol. The topological polar surface area (TPSA) is 84.3 Å². The molecular formula is C13H14N4O2S2. The van der Waals surface area contributed by atoms with Gasteiger partial charge in [0.2, 0.25) is 0 Å². The van der Waals surface area contributed by atoms with Crippen molar-refractivity contribution in [1.29, 1.82) is 0 Å². The monoisotopic (exact) mass is 322 g/mol. The average molecular weight is 322 g/mol. The summed E-state index contributed by atoms with van der Waals surface area (Å²) in [5.41, 5.74) is 1.60. The molecule has 0 radical (unpaired) electrons. The fourth-order valence-corrected chi connectivity index (χ4v) is 2.55. The predicted octanol–water partition coefficient (Wildman–Crippen LogP) is 1.82. The molecule has 0 saturated carbocycles. The van der Waals surface area contributed by atoms with Gasteiger partial charge in [-0.3, -0.25) is 0 Å². The first-order chi connectivity index (χ1) is 10.0. The van der Waals surface area contributed by atoms with Crippen molar-refractivity contribution >= 4 is 28.0 Å². The Morgan fingerprint density at radius 1 is 1.19 bits per heavy atom. The Morgan fingerprint density at radius 2 is 1.81 bits per heavy atom. The van der Waals surface area contributed by atoms with Crippen LogP contribution in [0.3, 0.4) is 0 Å². The van der Waals surface area contributed by atoms with Gasteiger partial charge in [0.15, 0.2) is 5.16 Å². The van der Waals surface area contributed by atoms with Gasteiger partial charge in [-0.15, -0.1) is 0 Å². The van der Waals surface area contributed by atoms with Gasteiger partial charge in [0.1, 0.15) is 0 Å². The fraction of sp³-hybridized carbons (Fsp3) is 0.154. The molecule has 0 amide bonds. The predicted molar refractivity (Wildman–Crippen MR) is 82.9 cm³/mol. The Bertz CT molecular complexity index is 726. The molecule has 0 aliphatic rings. The van der Waals surface area contributed by atoms with Crippen LogP contribution < -0.4 is 4.83 Å². The molecule has 0 bridgehead atoms. The van der Waals surface area contributed by atoms with Crippen molar-refractivity contribution in [3.05, 3.63) is 47.8 Å². The minimum absolute atomic E-state index is 0.166. The van der Waals surface area contributed by atoms with Crippen molar-refractivity contribution < 1.29 is 8.42 Å². The molecule has 1 heterocycles. The SMILES string of the molecule is CSc1ncc(/C=N/NS(=O)(=O)c2ccc(C)cc2)cn1. The zero-order chi connectivity index (χ0) is 15.3. The fourth-order valence-electron chi connectivity index (χ4n) is 1.44. The standard InChI is InChI=1S/C13H14N4O2S2/c1-10-3-5-12(6-4-10)21(18,19)17-16-9-11-7-14-13(20-2)15-8-11/h3-9,17H,1-2H3/b16-9+. The van der Waals surface area contributed by atoms with E-state index >= 15 is 0 Å². The third kappa shape index (κ3) is 4.27. The first-order valence-electron chi connectivity index (χ1n) is 5.99. The quantitative estimate of drug-likeness (QED) is 0.393. The molecule has 2 rings (SSSR count). The number of aromatic nitrogens is 2. The summed E-state index contributed by atoms with van der Waals surface area (Å²) < 4.78 is 23.9. The molecule has 0 unspecified atom stereocenters. The molecule has 1 aromatic heterocycles. The van der Waals surface area contributed by atoms with Gasteiger partial charge >= 0.3 is 0 Å². The van der Waals surface area contributed by atoms with Crippen molar-refractivity contribution in [2.24, 2.45) is 5.10 Å². The van der Waals surface area contributed by atoms with Crippen molar-refractivity contribution in [3.8, 4) is 0 Å². The van der Waals surface area contributed by atoms with Crippen molar-refractivity contribution in [2.45, 2.75) is 17.0 Å². The zero-order valence-corrected chi connectivity index (χ0v) is 13.1. The van der Waals surface area contributed by atoms with Crippen LogP contribution in [0.1, 0.15) is 11.1 Å². The summed E-state index contributed by atoms with van der Waals surface area (Å²) in [5.74, 6) is 0. The lowest BCUT2D eigenvalue weighted by atomic mass is 10.2. The van der Waals surface area contributed by atoms with Gasteiger partial charge in [-0.05, 0) is 25.3 Å². The van der Waals surface area contributed by atoms with Crippen molar-refractivity contribution in [2.75, 3.05) is 6.26 Å². The Labute approximate surface area is 127 Å². The Balaban J connectivity index is 2.06. The molecule has 6 nitrogen and oxygen atoms in total. The molecule has 0 saturated heterocycles. The molecule has 0 fully saturated rings. The molecule has 8 heteroatoms. The maximum atomic E-state index is 12.0. The van der Waals surface area contributed by atoms with Crippen LogP contribution in [0.5, 0.6) is 0 Å². The number of aryl methyl sites for hydroxylation is 1. The Morgan fingerprint density at radius 3 is 2.38 bits per heavy atom. The number of sulfonamides is 1. The number of rotatable bonds is 5. The van der Waals surface area contributed by atoms with E-state index in [9.17, 15) is 8.42 Å². The summed E-state index contributed by atoms with van der Waals surface area (Å²) in [6.45, 7) is 1.89. The largest absolute Gasteiger partial charge is 0.276 e. The summed E-state index contributed by atoms with van der Waals surface area (Å²) in [6, 6.07) is 6.52. The van der Waals surface area contributed by atoms with Gasteiger partial charge in [0.25, 0.3) is 10.0 Å². The first kappa shape index (κ1) is 15.5. The summed E-state index contributed by atoms with van der Waals surface area (Å²) in [6.07, 6.45) is 6.37. The minimum Gasteiger partial charge on any atom is -0.230 e. The highest BCUT2D eigenvalue weighted by atomic mass is 32.2. The number of hydrazone groups is 1. The smallest absolute Gasteiger partial charge is 0.230 e. The van der Waals surface area contributed by atoms with Gasteiger partial charge in [0, 0.05) is 18.0 Å². The average Bonchev–Trinajstić information content (AvgIpc) is 2.48. The van der Waals surface area contributed by atoms with Crippen LogP contribution in [0.2, 0.25) is 0 Å². The van der Waals surface area contributed by atoms with E-state index in [1.165, 1.54) is 30.1 Å². The van der Waals surface area contributed by atoms with Crippen LogP contribution >= 0.6 is 11.8 Å². The Hall–Kier alpha value is -1.93. The number of hydrogen-bond donors (Lipinski definition) is 1. The Kier molecular flexibility index (Phi) is 4.92. The van der Waals surface area contributed by atoms with E-state index in [1.807, 2.05) is 13.2 Å². The molecule has 110 valence electrons. The molecule has 1 N–H and O–H groups in total. The molecule has 21 heavy (non-hydrogen) atoms. The number of benzene rings is 1. The van der Waals surface area contributed by atoms with Crippen molar-refractivity contribution in [1.82, 2.24) is 14.8 Å². The van der Waals surface area contributed by atoms with Gasteiger partial charge in [-0.25, -0.2) is 14.8 Å². The van der Waals surface area contributed by atoms with Crippen LogP contribution in [0.4, 0.5) is 0 Å². The van der Waals surface area contributed by atoms with E-state index in [4.69, 9.17) is 0 Å². The number of nitrogens with one attached hydrogen (secondary N) is 1. The summed E-state index contributed by atoms with van der Waals surface area (Å²) in [5, 5.41) is 4.36. The van der Waals surface area contributed by atoms with Crippen LogP contribution in [0, 0.1) is 6.92 Å². The molecule has 0 atom stereocenters. The molecule has 2 aromatic rings. The lowest BCUT2D eigenvalue weighted by molar-refractivity contribution is 0.584. The van der Waals surface area contributed by atoms with Crippen LogP contribution in [-0.2, 0) is 10.0 Å². The third-order valence-electron chi connectivity index (χ3n) is 2.55. The van der Waals surface area contributed by atoms with E-state index in [-0.39, 0.29) is 4.90 Å². The summed E-state index contributed by atoms with van der Waals surface area (Å²) in [4.78, 5) is 10.4. The molecule has 0 spiro atoms. The maximum Gasteiger partial charge on any atom is 0.276 e. The zero-order valence-electron chi connectivity index (χ0n) is 11.5. The minimum atomic E-state index is -3.65. The van der Waals surface area contributed by atoms with E-state index < -0.39 is 10.0 Å². The highest BCUT2D eigenvalue weighted by molar-refractivity contribution is 7.98. The van der Waals surface area contributed by atoms with E-state index in [0.717, 1.165) is 5.56 Å². The van der Waals surface area contributed by atoms with E-state index in [2.05, 4.69) is 19.9 Å². The molecule has 0 aliphatic heterocycles. The third-order valence-corrected chi connectivity index (χ3v) is 4.36. The highest BCUT2D eigenvalue weighted by Gasteiger charge is 2.11. The van der Waals surface area contributed by atoms with Crippen LogP contribution in [0.25, 0.3) is 0 Å². The first-order valence-corrected chi connectivity index (χ1v) is 8.69. The molecule has 1 aromatic carbocycles. The van der Waals surface area contributed by atoms with Gasteiger partial charge < -0.3 is 0 Å². The van der Waals surface area contributed by atoms with Gasteiger partial charge in [-0.1, -0.05) is 29.5 Å². The normalized spacial score (nSPS) is 11.7. The lowest BCUT2D eigenvalue weighted by Gasteiger charge is -2.03. The second kappa shape index (κ2) is 6.68. The highest BCUT2D eigenvalue weighted by Crippen LogP contribution is 2.09. The second-order valence-electron chi connectivity index (χ2n) is 4.17. The van der Waals surface area contributed by atoms with Gasteiger partial charge in [0.05, 0.1) is 11.1 Å². The maximum absolute atomic E-state index is 12.0. The van der Waals surface area contributed by atoms with E-state index in [0.29, 0.717) is 10.7 Å². The van der Waals surface area contributed by atoms with Crippen molar-refractivity contribution in [3.63, 3.8) is 0 Å². The lowest BCUT2D eigenvalue weighted by Crippen LogP contribution is -2.18. The van der Waals surface area contributed by atoms with E-state index in [1.54, 1.807) is 24.5 Å². The number of thioether (sulfide) groups is 1. The summed E-state index contributed by atoms with van der Waals surface area (Å²) >= 11 is 1.43. The number of nitrogens with zero attached hydrogens (tertiary/aromatic N) is 3. The second-order valence-corrected chi connectivity index (χ2v) is 6.60.